The number of para-hydroxylation sites is 1. The van der Waals surface area contributed by atoms with Crippen LogP contribution >= 0.6 is 0 Å². The zero-order valence-electron chi connectivity index (χ0n) is 13.6. The van der Waals surface area contributed by atoms with Crippen LogP contribution in [0.1, 0.15) is 25.8 Å². The van der Waals surface area contributed by atoms with E-state index in [9.17, 15) is 0 Å². The number of aryl methyl sites for hydroxylation is 1. The molecule has 3 nitrogen and oxygen atoms in total. The van der Waals surface area contributed by atoms with Gasteiger partial charge in [0.05, 0.1) is 13.2 Å². The quantitative estimate of drug-likeness (QED) is 0.768. The van der Waals surface area contributed by atoms with Crippen molar-refractivity contribution in [2.75, 3.05) is 18.5 Å². The van der Waals surface area contributed by atoms with Crippen LogP contribution in [0, 0.1) is 6.92 Å². The zero-order valence-corrected chi connectivity index (χ0v) is 13.6. The highest BCUT2D eigenvalue weighted by molar-refractivity contribution is 5.48. The van der Waals surface area contributed by atoms with E-state index in [4.69, 9.17) is 9.47 Å². The first-order valence-corrected chi connectivity index (χ1v) is 7.88. The average molecular weight is 299 g/mol. The molecule has 2 aromatic carbocycles. The van der Waals surface area contributed by atoms with Crippen LogP contribution in [0.25, 0.3) is 0 Å². The van der Waals surface area contributed by atoms with E-state index in [1.165, 1.54) is 0 Å². The lowest BCUT2D eigenvalue weighted by Crippen LogP contribution is -2.23. The summed E-state index contributed by atoms with van der Waals surface area (Å²) in [4.78, 5) is 0. The fourth-order valence-electron chi connectivity index (χ4n) is 2.12. The van der Waals surface area contributed by atoms with E-state index in [0.717, 1.165) is 42.3 Å². The van der Waals surface area contributed by atoms with Gasteiger partial charge < -0.3 is 14.8 Å². The molecule has 1 atom stereocenters. The van der Waals surface area contributed by atoms with Crippen LogP contribution in [0.15, 0.2) is 48.5 Å². The minimum Gasteiger partial charge on any atom is -0.494 e. The summed E-state index contributed by atoms with van der Waals surface area (Å²) in [6.45, 7) is 7.72. The van der Waals surface area contributed by atoms with E-state index in [-0.39, 0.29) is 6.10 Å². The zero-order chi connectivity index (χ0) is 15.8. The molecule has 0 aliphatic rings. The molecule has 0 radical (unpaired) electrons. The molecule has 3 heteroatoms. The molecule has 0 heterocycles. The van der Waals surface area contributed by atoms with Crippen LogP contribution < -0.4 is 14.8 Å². The van der Waals surface area contributed by atoms with Crippen LogP contribution in [0.5, 0.6) is 11.5 Å². The van der Waals surface area contributed by atoms with Gasteiger partial charge in [-0.2, -0.15) is 0 Å². The van der Waals surface area contributed by atoms with Crippen molar-refractivity contribution < 1.29 is 9.47 Å². The molecular weight excluding hydrogens is 274 g/mol. The Morgan fingerprint density at radius 3 is 2.68 bits per heavy atom. The van der Waals surface area contributed by atoms with E-state index in [1.807, 2.05) is 42.5 Å². The number of benzene rings is 2. The molecule has 0 fully saturated rings. The average Bonchev–Trinajstić information content (AvgIpc) is 2.53. The second-order valence-corrected chi connectivity index (χ2v) is 5.45. The lowest BCUT2D eigenvalue weighted by atomic mass is 10.2. The Balaban J connectivity index is 1.85. The Kier molecular flexibility index (Phi) is 6.13. The van der Waals surface area contributed by atoms with Crippen LogP contribution in [0.2, 0.25) is 0 Å². The van der Waals surface area contributed by atoms with Crippen molar-refractivity contribution in [3.8, 4) is 11.5 Å². The molecule has 118 valence electrons. The summed E-state index contributed by atoms with van der Waals surface area (Å²) in [5.41, 5.74) is 2.21. The maximum absolute atomic E-state index is 5.97. The SMILES string of the molecule is CCCOc1cccc(NC[C@@H](C)Oc2ccccc2C)c1. The Morgan fingerprint density at radius 2 is 1.91 bits per heavy atom. The fraction of sp³-hybridized carbons (Fsp3) is 0.368. The van der Waals surface area contributed by atoms with E-state index in [0.29, 0.717) is 0 Å². The van der Waals surface area contributed by atoms with Crippen molar-refractivity contribution in [3.05, 3.63) is 54.1 Å². The Hall–Kier alpha value is -2.16. The summed E-state index contributed by atoms with van der Waals surface area (Å²) in [6, 6.07) is 16.1. The van der Waals surface area contributed by atoms with E-state index < -0.39 is 0 Å². The van der Waals surface area contributed by atoms with Crippen LogP contribution in [-0.4, -0.2) is 19.3 Å². The first-order chi connectivity index (χ1) is 10.7. The summed E-state index contributed by atoms with van der Waals surface area (Å²) in [6.07, 6.45) is 1.10. The minimum atomic E-state index is 0.0846. The molecule has 0 saturated heterocycles. The third-order valence-corrected chi connectivity index (χ3v) is 3.32. The molecule has 0 aromatic heterocycles. The van der Waals surface area contributed by atoms with Crippen molar-refractivity contribution >= 4 is 5.69 Å². The van der Waals surface area contributed by atoms with Gasteiger partial charge in [0.2, 0.25) is 0 Å². The highest BCUT2D eigenvalue weighted by atomic mass is 16.5. The molecule has 0 unspecified atom stereocenters. The monoisotopic (exact) mass is 299 g/mol. The minimum absolute atomic E-state index is 0.0846. The molecular formula is C19H25NO2. The Bertz CT molecular complexity index is 583. The highest BCUT2D eigenvalue weighted by Crippen LogP contribution is 2.19. The van der Waals surface area contributed by atoms with Crippen molar-refractivity contribution in [2.45, 2.75) is 33.3 Å². The molecule has 0 saturated carbocycles. The fourth-order valence-corrected chi connectivity index (χ4v) is 2.12. The van der Waals surface area contributed by atoms with Crippen molar-refractivity contribution in [1.82, 2.24) is 0 Å². The Labute approximate surface area is 133 Å². The number of ether oxygens (including phenoxy) is 2. The van der Waals surface area contributed by atoms with Crippen LogP contribution in [0.3, 0.4) is 0 Å². The van der Waals surface area contributed by atoms with Gasteiger partial charge in [0.15, 0.2) is 0 Å². The summed E-state index contributed by atoms with van der Waals surface area (Å²) in [7, 11) is 0. The van der Waals surface area contributed by atoms with Gasteiger partial charge >= 0.3 is 0 Å². The molecule has 1 N–H and O–H groups in total. The summed E-state index contributed by atoms with van der Waals surface area (Å²) in [5.74, 6) is 1.84. The lowest BCUT2D eigenvalue weighted by Gasteiger charge is -2.18. The van der Waals surface area contributed by atoms with Gasteiger partial charge in [0.25, 0.3) is 0 Å². The molecule has 0 bridgehead atoms. The lowest BCUT2D eigenvalue weighted by molar-refractivity contribution is 0.233. The summed E-state index contributed by atoms with van der Waals surface area (Å²) in [5, 5.41) is 3.40. The number of anilines is 1. The standard InChI is InChI=1S/C19H25NO2/c1-4-12-21-18-10-7-9-17(13-18)20-14-16(3)22-19-11-6-5-8-15(19)2/h5-11,13,16,20H,4,12,14H2,1-3H3/t16-/m1/s1. The third-order valence-electron chi connectivity index (χ3n) is 3.32. The van der Waals surface area contributed by atoms with Crippen LogP contribution in [-0.2, 0) is 0 Å². The second kappa shape index (κ2) is 8.32. The van der Waals surface area contributed by atoms with Gasteiger partial charge in [-0.1, -0.05) is 31.2 Å². The topological polar surface area (TPSA) is 30.5 Å². The predicted molar refractivity (Wildman–Crippen MR) is 92.0 cm³/mol. The number of hydrogen-bond donors (Lipinski definition) is 1. The van der Waals surface area contributed by atoms with Gasteiger partial charge in [-0.05, 0) is 44.0 Å². The molecule has 0 aliphatic carbocycles. The molecule has 0 amide bonds. The van der Waals surface area contributed by atoms with Crippen molar-refractivity contribution in [2.24, 2.45) is 0 Å². The van der Waals surface area contributed by atoms with E-state index >= 15 is 0 Å². The van der Waals surface area contributed by atoms with E-state index in [1.54, 1.807) is 0 Å². The van der Waals surface area contributed by atoms with Gasteiger partial charge in [0.1, 0.15) is 17.6 Å². The molecule has 0 spiro atoms. The number of hydrogen-bond acceptors (Lipinski definition) is 3. The van der Waals surface area contributed by atoms with Gasteiger partial charge in [0, 0.05) is 11.8 Å². The third kappa shape index (κ3) is 4.99. The highest BCUT2D eigenvalue weighted by Gasteiger charge is 2.06. The largest absolute Gasteiger partial charge is 0.494 e. The molecule has 2 aromatic rings. The first-order valence-electron chi connectivity index (χ1n) is 7.88. The van der Waals surface area contributed by atoms with Crippen LogP contribution in [0.4, 0.5) is 5.69 Å². The maximum Gasteiger partial charge on any atom is 0.122 e. The first kappa shape index (κ1) is 16.2. The molecule has 2 rings (SSSR count). The maximum atomic E-state index is 5.97. The van der Waals surface area contributed by atoms with E-state index in [2.05, 4.69) is 32.2 Å². The smallest absolute Gasteiger partial charge is 0.122 e. The molecule has 0 aliphatic heterocycles. The van der Waals surface area contributed by atoms with Crippen molar-refractivity contribution in [1.29, 1.82) is 0 Å². The summed E-state index contributed by atoms with van der Waals surface area (Å²) >= 11 is 0. The predicted octanol–water partition coefficient (Wildman–Crippen LogP) is 4.66. The normalized spacial score (nSPS) is 11.8. The van der Waals surface area contributed by atoms with Gasteiger partial charge in [-0.25, -0.2) is 0 Å². The number of nitrogens with one attached hydrogen (secondary N) is 1. The van der Waals surface area contributed by atoms with Gasteiger partial charge in [-0.15, -0.1) is 0 Å². The van der Waals surface area contributed by atoms with Gasteiger partial charge in [-0.3, -0.25) is 0 Å². The Morgan fingerprint density at radius 1 is 1.09 bits per heavy atom. The molecule has 22 heavy (non-hydrogen) atoms. The number of rotatable bonds is 8. The van der Waals surface area contributed by atoms with Crippen molar-refractivity contribution in [3.63, 3.8) is 0 Å². The summed E-state index contributed by atoms with van der Waals surface area (Å²) < 4.78 is 11.6. The second-order valence-electron chi connectivity index (χ2n) is 5.45.